The highest BCUT2D eigenvalue weighted by molar-refractivity contribution is 5.97. The Bertz CT molecular complexity index is 867. The molecule has 0 aliphatic carbocycles. The molecule has 2 aromatic rings. The van der Waals surface area contributed by atoms with Crippen LogP contribution < -0.4 is 10.1 Å². The van der Waals surface area contributed by atoms with Crippen molar-refractivity contribution in [3.05, 3.63) is 65.0 Å². The number of hydrogen-bond acceptors (Lipinski definition) is 3. The van der Waals surface area contributed by atoms with E-state index in [0.29, 0.717) is 11.8 Å². The van der Waals surface area contributed by atoms with Gasteiger partial charge in [-0.3, -0.25) is 9.69 Å². The number of carbonyl (C=O) groups excluding carboxylic acids is 1. The number of nitrogens with one attached hydrogen (secondary N) is 1. The molecule has 0 aromatic heterocycles. The predicted octanol–water partition coefficient (Wildman–Crippen LogP) is 3.59. The van der Waals surface area contributed by atoms with Crippen molar-refractivity contribution < 1.29 is 13.9 Å². The van der Waals surface area contributed by atoms with Crippen molar-refractivity contribution >= 4 is 5.91 Å². The first kappa shape index (κ1) is 18.9. The molecular formula is C23H27FN2O2. The summed E-state index contributed by atoms with van der Waals surface area (Å²) < 4.78 is 18.4. The Morgan fingerprint density at radius 2 is 2.00 bits per heavy atom. The van der Waals surface area contributed by atoms with Gasteiger partial charge in [0.25, 0.3) is 5.91 Å². The van der Waals surface area contributed by atoms with E-state index in [9.17, 15) is 9.18 Å². The smallest absolute Gasteiger partial charge is 0.252 e. The van der Waals surface area contributed by atoms with Gasteiger partial charge in [-0.25, -0.2) is 4.39 Å². The first-order valence-corrected chi connectivity index (χ1v) is 9.96. The lowest BCUT2D eigenvalue weighted by atomic mass is 9.91. The van der Waals surface area contributed by atoms with E-state index >= 15 is 0 Å². The number of fused-ring (bicyclic) bond motifs is 1. The average Bonchev–Trinajstić information content (AvgIpc) is 3.06. The maximum atomic E-state index is 13.1. The predicted molar refractivity (Wildman–Crippen MR) is 107 cm³/mol. The van der Waals surface area contributed by atoms with Crippen molar-refractivity contribution in [1.29, 1.82) is 0 Å². The normalized spacial score (nSPS) is 23.2. The van der Waals surface area contributed by atoms with Crippen molar-refractivity contribution in [2.45, 2.75) is 44.2 Å². The minimum absolute atomic E-state index is 0.000521. The van der Waals surface area contributed by atoms with Gasteiger partial charge in [-0.15, -0.1) is 0 Å². The second-order valence-electron chi connectivity index (χ2n) is 8.16. The first-order valence-electron chi connectivity index (χ1n) is 9.96. The van der Waals surface area contributed by atoms with Crippen LogP contribution in [0.3, 0.4) is 0 Å². The Hall–Kier alpha value is -2.40. The van der Waals surface area contributed by atoms with Crippen LogP contribution in [-0.4, -0.2) is 42.6 Å². The van der Waals surface area contributed by atoms with Crippen molar-refractivity contribution in [3.8, 4) is 5.75 Å². The zero-order valence-corrected chi connectivity index (χ0v) is 16.5. The van der Waals surface area contributed by atoms with Crippen LogP contribution >= 0.6 is 0 Å². The SMILES string of the molecule is COc1ccc2c(c1)C(=O)N[C@]1(CC2)CCN([C@H](C)Cc2ccc(F)cc2)C1. The lowest BCUT2D eigenvalue weighted by molar-refractivity contribution is 0.0898. The number of rotatable bonds is 4. The summed E-state index contributed by atoms with van der Waals surface area (Å²) in [5.74, 6) is 0.513. The van der Waals surface area contributed by atoms with E-state index in [2.05, 4.69) is 17.1 Å². The van der Waals surface area contributed by atoms with Gasteiger partial charge in [0, 0.05) is 24.7 Å². The van der Waals surface area contributed by atoms with Crippen LogP contribution in [0.4, 0.5) is 4.39 Å². The van der Waals surface area contributed by atoms with E-state index in [1.807, 2.05) is 30.3 Å². The summed E-state index contributed by atoms with van der Waals surface area (Å²) in [5.41, 5.74) is 2.78. The van der Waals surface area contributed by atoms with E-state index < -0.39 is 0 Å². The molecule has 0 bridgehead atoms. The molecule has 2 aliphatic heterocycles. The van der Waals surface area contributed by atoms with Crippen molar-refractivity contribution in [3.63, 3.8) is 0 Å². The number of hydrogen-bond donors (Lipinski definition) is 1. The van der Waals surface area contributed by atoms with Gasteiger partial charge in [0.2, 0.25) is 0 Å². The molecule has 1 spiro atoms. The molecule has 0 radical (unpaired) electrons. The van der Waals surface area contributed by atoms with Gasteiger partial charge in [-0.05, 0) is 68.0 Å². The molecule has 2 heterocycles. The fourth-order valence-electron chi connectivity index (χ4n) is 4.53. The molecule has 5 heteroatoms. The van der Waals surface area contributed by atoms with Crippen LogP contribution in [0.1, 0.15) is 41.3 Å². The standard InChI is InChI=1S/C23H27FN2O2/c1-16(13-17-3-6-19(24)7-4-17)26-12-11-23(15-26)10-9-18-5-8-20(28-2)14-21(18)22(27)25-23/h3-8,14,16H,9-13,15H2,1-2H3,(H,25,27)/t16-,23-/m1/s1. The summed E-state index contributed by atoms with van der Waals surface area (Å²) in [7, 11) is 1.62. The number of carbonyl (C=O) groups is 1. The second-order valence-corrected chi connectivity index (χ2v) is 8.16. The minimum Gasteiger partial charge on any atom is -0.497 e. The lowest BCUT2D eigenvalue weighted by Crippen LogP contribution is -2.50. The first-order chi connectivity index (χ1) is 13.5. The highest BCUT2D eigenvalue weighted by atomic mass is 19.1. The largest absolute Gasteiger partial charge is 0.497 e. The molecule has 2 aliphatic rings. The van der Waals surface area contributed by atoms with Crippen molar-refractivity contribution in [1.82, 2.24) is 10.2 Å². The molecule has 0 unspecified atom stereocenters. The van der Waals surface area contributed by atoms with Gasteiger partial charge in [0.05, 0.1) is 12.6 Å². The Morgan fingerprint density at radius 1 is 1.21 bits per heavy atom. The van der Waals surface area contributed by atoms with Gasteiger partial charge in [0.1, 0.15) is 11.6 Å². The molecule has 4 nitrogen and oxygen atoms in total. The molecule has 1 saturated heterocycles. The van der Waals surface area contributed by atoms with Crippen molar-refractivity contribution in [2.75, 3.05) is 20.2 Å². The number of likely N-dealkylation sites (tertiary alicyclic amines) is 1. The molecule has 2 atom stereocenters. The van der Waals surface area contributed by atoms with Crippen LogP contribution in [-0.2, 0) is 12.8 Å². The van der Waals surface area contributed by atoms with Crippen LogP contribution in [0.2, 0.25) is 0 Å². The third-order valence-electron chi connectivity index (χ3n) is 6.26. The topological polar surface area (TPSA) is 41.6 Å². The zero-order chi connectivity index (χ0) is 19.7. The minimum atomic E-state index is -0.200. The number of ether oxygens (including phenoxy) is 1. The Kier molecular flexibility index (Phi) is 5.11. The van der Waals surface area contributed by atoms with Crippen LogP contribution in [0, 0.1) is 5.82 Å². The highest BCUT2D eigenvalue weighted by Crippen LogP contribution is 2.33. The number of amides is 1. The number of nitrogens with zero attached hydrogens (tertiary/aromatic N) is 1. The quantitative estimate of drug-likeness (QED) is 0.879. The number of halogens is 1. The summed E-state index contributed by atoms with van der Waals surface area (Å²) in [6.45, 7) is 4.02. The second kappa shape index (κ2) is 7.55. The molecule has 0 saturated carbocycles. The van der Waals surface area contributed by atoms with E-state index in [-0.39, 0.29) is 17.3 Å². The maximum absolute atomic E-state index is 13.1. The third-order valence-corrected chi connectivity index (χ3v) is 6.26. The van der Waals surface area contributed by atoms with Gasteiger partial charge in [-0.2, -0.15) is 0 Å². The molecule has 4 rings (SSSR count). The molecular weight excluding hydrogens is 355 g/mol. The van der Waals surface area contributed by atoms with E-state index in [4.69, 9.17) is 4.74 Å². The Morgan fingerprint density at radius 3 is 2.75 bits per heavy atom. The highest BCUT2D eigenvalue weighted by Gasteiger charge is 2.42. The summed E-state index contributed by atoms with van der Waals surface area (Å²) in [4.78, 5) is 15.4. The Labute approximate surface area is 165 Å². The van der Waals surface area contributed by atoms with Crippen LogP contribution in [0.15, 0.2) is 42.5 Å². The van der Waals surface area contributed by atoms with E-state index in [0.717, 1.165) is 55.5 Å². The summed E-state index contributed by atoms with van der Waals surface area (Å²) >= 11 is 0. The van der Waals surface area contributed by atoms with E-state index in [1.165, 1.54) is 12.1 Å². The summed E-state index contributed by atoms with van der Waals surface area (Å²) in [6.07, 6.45) is 3.66. The molecule has 1 N–H and O–H groups in total. The molecule has 1 amide bonds. The monoisotopic (exact) mass is 382 g/mol. The number of aryl methyl sites for hydroxylation is 1. The number of benzene rings is 2. The van der Waals surface area contributed by atoms with Crippen molar-refractivity contribution in [2.24, 2.45) is 0 Å². The van der Waals surface area contributed by atoms with Gasteiger partial charge in [-0.1, -0.05) is 18.2 Å². The maximum Gasteiger partial charge on any atom is 0.252 e. The molecule has 28 heavy (non-hydrogen) atoms. The fraction of sp³-hybridized carbons (Fsp3) is 0.435. The molecule has 2 aromatic carbocycles. The van der Waals surface area contributed by atoms with Crippen LogP contribution in [0.25, 0.3) is 0 Å². The zero-order valence-electron chi connectivity index (χ0n) is 16.5. The number of methoxy groups -OCH3 is 1. The molecule has 148 valence electrons. The van der Waals surface area contributed by atoms with E-state index in [1.54, 1.807) is 7.11 Å². The Balaban J connectivity index is 1.45. The lowest BCUT2D eigenvalue weighted by Gasteiger charge is -2.31. The van der Waals surface area contributed by atoms with Gasteiger partial charge >= 0.3 is 0 Å². The van der Waals surface area contributed by atoms with Gasteiger partial charge in [0.15, 0.2) is 0 Å². The molecule has 1 fully saturated rings. The average molecular weight is 382 g/mol. The third kappa shape index (κ3) is 3.76. The van der Waals surface area contributed by atoms with Gasteiger partial charge < -0.3 is 10.1 Å². The van der Waals surface area contributed by atoms with Crippen LogP contribution in [0.5, 0.6) is 5.75 Å². The fourth-order valence-corrected chi connectivity index (χ4v) is 4.53. The summed E-state index contributed by atoms with van der Waals surface area (Å²) in [5, 5.41) is 3.33. The summed E-state index contributed by atoms with van der Waals surface area (Å²) in [6, 6.07) is 12.9.